The van der Waals surface area contributed by atoms with E-state index < -0.39 is 10.0 Å². The van der Waals surface area contributed by atoms with Gasteiger partial charge in [-0.2, -0.15) is 0 Å². The number of amides is 2. The third-order valence-corrected chi connectivity index (χ3v) is 6.48. The van der Waals surface area contributed by atoms with Gasteiger partial charge in [-0.15, -0.1) is 0 Å². The van der Waals surface area contributed by atoms with Crippen molar-refractivity contribution in [2.45, 2.75) is 30.2 Å². The molecule has 27 heavy (non-hydrogen) atoms. The molecule has 0 aliphatic carbocycles. The number of nitrogens with one attached hydrogen (secondary N) is 2. The number of piperidine rings is 1. The molecular weight excluding hydrogens is 368 g/mol. The van der Waals surface area contributed by atoms with Gasteiger partial charge in [0.05, 0.1) is 11.4 Å². The van der Waals surface area contributed by atoms with Gasteiger partial charge in [-0.05, 0) is 25.0 Å². The second kappa shape index (κ2) is 8.81. The molecule has 148 valence electrons. The summed E-state index contributed by atoms with van der Waals surface area (Å²) in [6, 6.07) is 8.15. The van der Waals surface area contributed by atoms with E-state index in [1.54, 1.807) is 23.1 Å². The summed E-state index contributed by atoms with van der Waals surface area (Å²) in [7, 11) is -3.60. The Morgan fingerprint density at radius 2 is 2.00 bits per heavy atom. The summed E-state index contributed by atoms with van der Waals surface area (Å²) >= 11 is 0. The maximum Gasteiger partial charge on any atom is 0.240 e. The Morgan fingerprint density at radius 1 is 1.22 bits per heavy atom. The van der Waals surface area contributed by atoms with Crippen molar-refractivity contribution in [2.75, 3.05) is 39.3 Å². The van der Waals surface area contributed by atoms with E-state index in [1.165, 1.54) is 12.1 Å². The molecule has 1 atom stereocenters. The first kappa shape index (κ1) is 19.8. The van der Waals surface area contributed by atoms with Crippen LogP contribution in [-0.2, 0) is 19.6 Å². The van der Waals surface area contributed by atoms with Gasteiger partial charge >= 0.3 is 0 Å². The molecule has 2 saturated heterocycles. The molecule has 2 fully saturated rings. The summed E-state index contributed by atoms with van der Waals surface area (Å²) in [5, 5.41) is 3.06. The lowest BCUT2D eigenvalue weighted by Gasteiger charge is -2.41. The smallest absolute Gasteiger partial charge is 0.240 e. The van der Waals surface area contributed by atoms with E-state index in [-0.39, 0.29) is 35.7 Å². The Labute approximate surface area is 160 Å². The standard InChI is InChI=1S/C18H26N4O4S/c23-17(8-9-20-27(25,26)16-6-2-1-3-7-16)21-11-4-5-15(14-21)22-12-10-19-13-18(22)24/h1-3,6-7,15,19-20H,4-5,8-14H2. The molecule has 2 N–H and O–H groups in total. The van der Waals surface area contributed by atoms with E-state index in [0.717, 1.165) is 19.4 Å². The zero-order chi connectivity index (χ0) is 19.3. The predicted octanol–water partition coefficient (Wildman–Crippen LogP) is -0.222. The number of hydrogen-bond donors (Lipinski definition) is 2. The third kappa shape index (κ3) is 5.06. The zero-order valence-electron chi connectivity index (χ0n) is 15.3. The number of rotatable bonds is 6. The van der Waals surface area contributed by atoms with Crippen LogP contribution in [0.1, 0.15) is 19.3 Å². The summed E-state index contributed by atoms with van der Waals surface area (Å²) in [4.78, 5) is 28.4. The van der Waals surface area contributed by atoms with Crippen molar-refractivity contribution in [1.82, 2.24) is 19.8 Å². The van der Waals surface area contributed by atoms with Gasteiger partial charge in [0.1, 0.15) is 0 Å². The van der Waals surface area contributed by atoms with Gasteiger partial charge in [0.15, 0.2) is 0 Å². The molecule has 1 aromatic rings. The van der Waals surface area contributed by atoms with Crippen molar-refractivity contribution in [3.8, 4) is 0 Å². The van der Waals surface area contributed by atoms with Crippen molar-refractivity contribution >= 4 is 21.8 Å². The number of likely N-dealkylation sites (tertiary alicyclic amines) is 1. The second-order valence-corrected chi connectivity index (χ2v) is 8.63. The van der Waals surface area contributed by atoms with Crippen LogP contribution in [-0.4, -0.2) is 75.3 Å². The Balaban J connectivity index is 1.50. The predicted molar refractivity (Wildman–Crippen MR) is 100 cm³/mol. The SMILES string of the molecule is O=C(CCNS(=O)(=O)c1ccccc1)N1CCCC(N2CCNCC2=O)C1. The molecule has 0 spiro atoms. The average molecular weight is 394 g/mol. The molecule has 1 aromatic carbocycles. The molecule has 9 heteroatoms. The highest BCUT2D eigenvalue weighted by atomic mass is 32.2. The van der Waals surface area contributed by atoms with Crippen LogP contribution in [0, 0.1) is 0 Å². The minimum atomic E-state index is -3.60. The number of nitrogens with zero attached hydrogens (tertiary/aromatic N) is 2. The maximum absolute atomic E-state index is 12.5. The highest BCUT2D eigenvalue weighted by Gasteiger charge is 2.31. The molecular formula is C18H26N4O4S. The Bertz CT molecular complexity index is 769. The molecule has 3 rings (SSSR count). The highest BCUT2D eigenvalue weighted by Crippen LogP contribution is 2.18. The van der Waals surface area contributed by atoms with Crippen molar-refractivity contribution in [3.63, 3.8) is 0 Å². The van der Waals surface area contributed by atoms with E-state index in [9.17, 15) is 18.0 Å². The van der Waals surface area contributed by atoms with E-state index >= 15 is 0 Å². The van der Waals surface area contributed by atoms with E-state index in [0.29, 0.717) is 26.2 Å². The Hall–Kier alpha value is -1.97. The quantitative estimate of drug-likeness (QED) is 0.695. The minimum Gasteiger partial charge on any atom is -0.341 e. The first-order chi connectivity index (χ1) is 13.0. The summed E-state index contributed by atoms with van der Waals surface area (Å²) < 4.78 is 26.9. The lowest BCUT2D eigenvalue weighted by molar-refractivity contribution is -0.140. The second-order valence-electron chi connectivity index (χ2n) is 6.86. The topological polar surface area (TPSA) is 98.8 Å². The van der Waals surface area contributed by atoms with Crippen molar-refractivity contribution in [1.29, 1.82) is 0 Å². The van der Waals surface area contributed by atoms with Crippen LogP contribution in [0.4, 0.5) is 0 Å². The van der Waals surface area contributed by atoms with Crippen molar-refractivity contribution < 1.29 is 18.0 Å². The summed E-state index contributed by atoms with van der Waals surface area (Å²) in [5.74, 6) is -0.00536. The number of carbonyl (C=O) groups is 2. The van der Waals surface area contributed by atoms with Gasteiger partial charge < -0.3 is 15.1 Å². The fraction of sp³-hybridized carbons (Fsp3) is 0.556. The third-order valence-electron chi connectivity index (χ3n) is 5.00. The normalized spacial score (nSPS) is 21.3. The monoisotopic (exact) mass is 394 g/mol. The molecule has 0 aromatic heterocycles. The highest BCUT2D eigenvalue weighted by molar-refractivity contribution is 7.89. The Kier molecular flexibility index (Phi) is 6.46. The van der Waals surface area contributed by atoms with Gasteiger partial charge in [0.25, 0.3) is 0 Å². The van der Waals surface area contributed by atoms with Crippen LogP contribution in [0.3, 0.4) is 0 Å². The lowest BCUT2D eigenvalue weighted by atomic mass is 10.0. The van der Waals surface area contributed by atoms with Crippen LogP contribution in [0.5, 0.6) is 0 Å². The molecule has 0 radical (unpaired) electrons. The van der Waals surface area contributed by atoms with E-state index in [1.807, 2.05) is 4.90 Å². The zero-order valence-corrected chi connectivity index (χ0v) is 16.1. The molecule has 1 unspecified atom stereocenters. The van der Waals surface area contributed by atoms with E-state index in [2.05, 4.69) is 10.0 Å². The molecule has 8 nitrogen and oxygen atoms in total. The summed E-state index contributed by atoms with van der Waals surface area (Å²) in [6.07, 6.45) is 1.85. The van der Waals surface area contributed by atoms with Crippen molar-refractivity contribution in [2.24, 2.45) is 0 Å². The molecule has 0 saturated carbocycles. The van der Waals surface area contributed by atoms with Gasteiger partial charge in [-0.3, -0.25) is 9.59 Å². The summed E-state index contributed by atoms with van der Waals surface area (Å²) in [5.41, 5.74) is 0. The molecule has 2 heterocycles. The fourth-order valence-electron chi connectivity index (χ4n) is 3.58. The number of carbonyl (C=O) groups excluding carboxylic acids is 2. The molecule has 2 amide bonds. The first-order valence-corrected chi connectivity index (χ1v) is 10.8. The van der Waals surface area contributed by atoms with Gasteiger partial charge in [0, 0.05) is 45.2 Å². The lowest BCUT2D eigenvalue weighted by Crippen LogP contribution is -2.57. The maximum atomic E-state index is 12.5. The van der Waals surface area contributed by atoms with Crippen LogP contribution in [0.15, 0.2) is 35.2 Å². The van der Waals surface area contributed by atoms with Gasteiger partial charge in [-0.25, -0.2) is 13.1 Å². The molecule has 2 aliphatic heterocycles. The molecule has 0 bridgehead atoms. The number of benzene rings is 1. The Morgan fingerprint density at radius 3 is 2.74 bits per heavy atom. The van der Waals surface area contributed by atoms with Crippen LogP contribution in [0.2, 0.25) is 0 Å². The number of hydrogen-bond acceptors (Lipinski definition) is 5. The first-order valence-electron chi connectivity index (χ1n) is 9.30. The van der Waals surface area contributed by atoms with Crippen molar-refractivity contribution in [3.05, 3.63) is 30.3 Å². The molecule has 2 aliphatic rings. The largest absolute Gasteiger partial charge is 0.341 e. The minimum absolute atomic E-state index is 0.0540. The average Bonchev–Trinajstić information content (AvgIpc) is 2.69. The van der Waals surface area contributed by atoms with Gasteiger partial charge in [-0.1, -0.05) is 18.2 Å². The number of sulfonamides is 1. The van der Waals surface area contributed by atoms with Crippen LogP contribution in [0.25, 0.3) is 0 Å². The van der Waals surface area contributed by atoms with Crippen LogP contribution >= 0.6 is 0 Å². The number of piperazine rings is 1. The fourth-order valence-corrected chi connectivity index (χ4v) is 4.63. The van der Waals surface area contributed by atoms with Gasteiger partial charge in [0.2, 0.25) is 21.8 Å². The summed E-state index contributed by atoms with van der Waals surface area (Å²) in [6.45, 7) is 3.03. The van der Waals surface area contributed by atoms with Crippen LogP contribution < -0.4 is 10.0 Å². The van der Waals surface area contributed by atoms with E-state index in [4.69, 9.17) is 0 Å².